The van der Waals surface area contributed by atoms with Gasteiger partial charge in [0.1, 0.15) is 11.4 Å². The van der Waals surface area contributed by atoms with Crippen LogP contribution in [0.25, 0.3) is 0 Å². The van der Waals surface area contributed by atoms with Gasteiger partial charge in [-0.15, -0.1) is 0 Å². The van der Waals surface area contributed by atoms with Gasteiger partial charge in [-0.1, -0.05) is 106 Å². The molecule has 0 unspecified atom stereocenters. The lowest BCUT2D eigenvalue weighted by molar-refractivity contribution is -0.321. The second-order valence-electron chi connectivity index (χ2n) is 15.1. The first-order chi connectivity index (χ1) is 30.8. The molecule has 0 spiro atoms. The zero-order valence-electron chi connectivity index (χ0n) is 33.6. The molecular weight excluding hydrogens is 1100 g/mol. The van der Waals surface area contributed by atoms with Gasteiger partial charge < -0.3 is 28.4 Å². The fraction of sp³-hybridized carbons (Fsp3) is 0.184. The maximum Gasteiger partial charge on any atom is 0.338 e. The normalized spacial score (nSPS) is 21.1. The van der Waals surface area contributed by atoms with Crippen molar-refractivity contribution in [2.45, 2.75) is 42.5 Å². The lowest BCUT2D eigenvalue weighted by Gasteiger charge is -2.49. The van der Waals surface area contributed by atoms with E-state index in [2.05, 4.69) is 63.7 Å². The summed E-state index contributed by atoms with van der Waals surface area (Å²) in [7, 11) is 1.59. The summed E-state index contributed by atoms with van der Waals surface area (Å²) in [5, 5.41) is 0.421. The highest BCUT2D eigenvalue weighted by Crippen LogP contribution is 2.55. The van der Waals surface area contributed by atoms with Crippen LogP contribution in [0, 0.1) is 0 Å². The Labute approximate surface area is 407 Å². The predicted molar refractivity (Wildman–Crippen MR) is 252 cm³/mol. The third kappa shape index (κ3) is 9.79. The Bertz CT molecular complexity index is 2700. The lowest BCUT2D eigenvalue weighted by atomic mass is 9.79. The number of ether oxygens (including phenoxy) is 6. The monoisotopic (exact) mass is 1130 g/mol. The number of ketones is 1. The summed E-state index contributed by atoms with van der Waals surface area (Å²) < 4.78 is 41.5. The Balaban J connectivity index is 1.31. The van der Waals surface area contributed by atoms with Gasteiger partial charge in [-0.2, -0.15) is 0 Å². The fourth-order valence-corrected chi connectivity index (χ4v) is 8.94. The molecule has 0 radical (unpaired) electrons. The molecule has 8 rings (SSSR count). The van der Waals surface area contributed by atoms with E-state index in [4.69, 9.17) is 40.0 Å². The summed E-state index contributed by atoms with van der Waals surface area (Å²) in [6.45, 7) is -0.372. The fourth-order valence-electron chi connectivity index (χ4n) is 7.70. The summed E-state index contributed by atoms with van der Waals surface area (Å²) in [5.41, 5.74) is 0.818. The highest BCUT2D eigenvalue weighted by Gasteiger charge is 2.72. The predicted octanol–water partition coefficient (Wildman–Crippen LogP) is 11.9. The van der Waals surface area contributed by atoms with E-state index in [1.807, 2.05) is 24.3 Å². The van der Waals surface area contributed by atoms with Crippen molar-refractivity contribution in [1.82, 2.24) is 0 Å². The van der Waals surface area contributed by atoms with Gasteiger partial charge in [0.25, 0.3) is 0 Å². The van der Waals surface area contributed by atoms with Gasteiger partial charge in [0, 0.05) is 40.5 Å². The first-order valence-corrected chi connectivity index (χ1v) is 23.3. The quantitative estimate of drug-likeness (QED) is 0.0627. The average molecular weight is 1140 g/mol. The van der Waals surface area contributed by atoms with E-state index in [1.54, 1.807) is 122 Å². The van der Waals surface area contributed by atoms with Crippen molar-refractivity contribution in [1.29, 1.82) is 0 Å². The van der Waals surface area contributed by atoms with Crippen molar-refractivity contribution in [3.8, 4) is 5.75 Å². The van der Waals surface area contributed by atoms with Crippen molar-refractivity contribution in [2.75, 3.05) is 13.7 Å². The lowest BCUT2D eigenvalue weighted by Crippen LogP contribution is -2.67. The minimum atomic E-state index is -2.07. The third-order valence-electron chi connectivity index (χ3n) is 11.0. The van der Waals surface area contributed by atoms with E-state index in [1.165, 1.54) is 0 Å². The number of hydrogen-bond donors (Lipinski definition) is 0. The van der Waals surface area contributed by atoms with E-state index >= 15 is 0 Å². The maximum absolute atomic E-state index is 14.5. The van der Waals surface area contributed by atoms with Crippen LogP contribution in [-0.4, -0.2) is 61.3 Å². The minimum Gasteiger partial charge on any atom is -0.497 e. The standard InChI is InChI=1S/C49H35Br4ClO10/c1-59-39-21-2-28(3-22-39)24-33-25-34(12-23-40(33)54)49-44(63-47(58)32-10-19-38(53)20-11-32)42(61-45(56)30-6-15-36(51)16-7-30)43(62-46(57)31-8-17-37(52)18-9-31)48(64-49,27-60-49)26-41(55)29-4-13-35(50)14-5-29/h2-23,25,42-44H,24,26-27H2,1H3/t42-,43-,44-,48-,49-/m0/s1. The molecule has 2 fully saturated rings. The van der Waals surface area contributed by atoms with Crippen molar-refractivity contribution in [2.24, 2.45) is 0 Å². The van der Waals surface area contributed by atoms with E-state index < -0.39 is 59.8 Å². The molecular formula is C49H35Br4ClO10. The van der Waals surface area contributed by atoms with Crippen LogP contribution in [0.1, 0.15) is 64.5 Å². The van der Waals surface area contributed by atoms with Crippen LogP contribution in [0.5, 0.6) is 5.75 Å². The number of methoxy groups -OCH3 is 1. The van der Waals surface area contributed by atoms with Gasteiger partial charge in [0.2, 0.25) is 11.9 Å². The van der Waals surface area contributed by atoms with Gasteiger partial charge in [0.05, 0.1) is 30.4 Å². The second-order valence-corrected chi connectivity index (χ2v) is 19.2. The molecule has 0 amide bonds. The van der Waals surface area contributed by atoms with E-state index in [0.717, 1.165) is 10.0 Å². The zero-order chi connectivity index (χ0) is 45.2. The van der Waals surface area contributed by atoms with Crippen LogP contribution in [0.3, 0.4) is 0 Å². The Morgan fingerprint density at radius 2 is 1.08 bits per heavy atom. The van der Waals surface area contributed by atoms with Gasteiger partial charge in [-0.05, 0) is 127 Å². The van der Waals surface area contributed by atoms with E-state index in [-0.39, 0.29) is 23.3 Å². The molecule has 5 atom stereocenters. The molecule has 6 aromatic rings. The summed E-state index contributed by atoms with van der Waals surface area (Å²) in [4.78, 5) is 57.5. The van der Waals surface area contributed by atoms with Crippen LogP contribution in [-0.2, 0) is 35.9 Å². The number of benzene rings is 6. The molecule has 64 heavy (non-hydrogen) atoms. The minimum absolute atomic E-state index is 0.140. The molecule has 326 valence electrons. The van der Waals surface area contributed by atoms with Crippen LogP contribution in [0.2, 0.25) is 5.02 Å². The van der Waals surface area contributed by atoms with Crippen LogP contribution in [0.15, 0.2) is 157 Å². The molecule has 15 heteroatoms. The van der Waals surface area contributed by atoms with Crippen molar-refractivity contribution >= 4 is 99.0 Å². The van der Waals surface area contributed by atoms with Gasteiger partial charge in [-0.25, -0.2) is 14.4 Å². The number of hydrogen-bond acceptors (Lipinski definition) is 10. The Kier molecular flexibility index (Phi) is 13.9. The molecule has 0 saturated carbocycles. The Hall–Kier alpha value is -4.67. The van der Waals surface area contributed by atoms with Crippen molar-refractivity contribution < 1.29 is 47.6 Å². The summed E-state index contributed by atoms with van der Waals surface area (Å²) in [6, 6.07) is 38.7. The van der Waals surface area contributed by atoms with E-state index in [9.17, 15) is 19.2 Å². The van der Waals surface area contributed by atoms with Gasteiger partial charge in [0.15, 0.2) is 18.0 Å². The number of carbonyl (C=O) groups excluding carboxylic acids is 4. The summed E-state index contributed by atoms with van der Waals surface area (Å²) >= 11 is 20.5. The third-order valence-corrected chi connectivity index (χ3v) is 13.4. The largest absolute Gasteiger partial charge is 0.497 e. The highest BCUT2D eigenvalue weighted by atomic mass is 79.9. The highest BCUT2D eigenvalue weighted by molar-refractivity contribution is 9.11. The number of Topliss-reactive ketones (excluding diaryl/α,β-unsaturated/α-hetero) is 1. The first kappa shape index (κ1) is 45.9. The molecule has 2 bridgehead atoms. The number of carbonyl (C=O) groups is 4. The second kappa shape index (κ2) is 19.4. The molecule has 6 aromatic carbocycles. The van der Waals surface area contributed by atoms with Gasteiger partial charge in [-0.3, -0.25) is 4.79 Å². The molecule has 2 aliphatic heterocycles. The first-order valence-electron chi connectivity index (χ1n) is 19.7. The molecule has 2 saturated heterocycles. The Morgan fingerprint density at radius 1 is 0.609 bits per heavy atom. The van der Waals surface area contributed by atoms with E-state index in [0.29, 0.717) is 47.3 Å². The van der Waals surface area contributed by atoms with Crippen LogP contribution < -0.4 is 4.74 Å². The maximum atomic E-state index is 14.5. The smallest absolute Gasteiger partial charge is 0.338 e. The molecule has 0 N–H and O–H groups in total. The van der Waals surface area contributed by atoms with Crippen molar-refractivity contribution in [3.63, 3.8) is 0 Å². The van der Waals surface area contributed by atoms with Crippen LogP contribution >= 0.6 is 75.3 Å². The average Bonchev–Trinajstić information content (AvgIpc) is 3.65. The van der Waals surface area contributed by atoms with Crippen LogP contribution in [0.4, 0.5) is 0 Å². The summed E-state index contributed by atoms with van der Waals surface area (Å²) in [5.74, 6) is -4.28. The molecule has 0 aliphatic carbocycles. The number of halogens is 5. The SMILES string of the molecule is COc1ccc(Cc2cc([C@]34OC[C@](CC(=O)c5ccc(Br)cc5)(O3)[C@@H](OC(=O)c3ccc(Br)cc3)[C@H](OC(=O)c3ccc(Br)cc3)[C@@H]4OC(=O)c3ccc(Br)cc3)ccc2Cl)cc1. The molecule has 0 aromatic heterocycles. The van der Waals surface area contributed by atoms with Gasteiger partial charge >= 0.3 is 17.9 Å². The molecule has 10 nitrogen and oxygen atoms in total. The number of rotatable bonds is 13. The molecule has 2 heterocycles. The number of fused-ring (bicyclic) bond motifs is 2. The van der Waals surface area contributed by atoms with Crippen molar-refractivity contribution in [3.05, 3.63) is 201 Å². The molecule has 2 aliphatic rings. The topological polar surface area (TPSA) is 124 Å². The summed E-state index contributed by atoms with van der Waals surface area (Å²) in [6.07, 6.45) is -4.98. The zero-order valence-corrected chi connectivity index (χ0v) is 40.7. The number of esters is 3. The Morgan fingerprint density at radius 3 is 1.58 bits per heavy atom.